The summed E-state index contributed by atoms with van der Waals surface area (Å²) < 4.78 is 5.22. The van der Waals surface area contributed by atoms with Gasteiger partial charge >= 0.3 is 0 Å². The minimum absolute atomic E-state index is 0.00356. The number of benzene rings is 1. The van der Waals surface area contributed by atoms with Crippen LogP contribution in [0, 0.1) is 0 Å². The lowest BCUT2D eigenvalue weighted by molar-refractivity contribution is -0.122. The van der Waals surface area contributed by atoms with Crippen LogP contribution in [-0.4, -0.2) is 44.1 Å². The number of nitrogens with two attached hydrogens (primary N) is 1. The van der Waals surface area contributed by atoms with Crippen LogP contribution in [-0.2, 0) is 4.79 Å². The molecule has 3 N–H and O–H groups in total. The second-order valence-corrected chi connectivity index (χ2v) is 5.17. The summed E-state index contributed by atoms with van der Waals surface area (Å²) in [5.41, 5.74) is 6.91. The Labute approximate surface area is 121 Å². The van der Waals surface area contributed by atoms with E-state index in [1.807, 2.05) is 50.1 Å². The van der Waals surface area contributed by atoms with Crippen molar-refractivity contribution < 1.29 is 9.53 Å². The van der Waals surface area contributed by atoms with Crippen molar-refractivity contribution in [3.05, 3.63) is 29.8 Å². The third-order valence-electron chi connectivity index (χ3n) is 3.08. The Morgan fingerprint density at radius 2 is 2.15 bits per heavy atom. The summed E-state index contributed by atoms with van der Waals surface area (Å²) in [7, 11) is 3.53. The van der Waals surface area contributed by atoms with Gasteiger partial charge in [0.15, 0.2) is 0 Å². The van der Waals surface area contributed by atoms with E-state index >= 15 is 0 Å². The molecular weight excluding hydrogens is 254 g/mol. The topological polar surface area (TPSA) is 67.6 Å². The highest BCUT2D eigenvalue weighted by atomic mass is 16.5. The SMILES string of the molecule is COc1cccc(C(CN)N(C)CC(=O)NC(C)C)c1. The number of amides is 1. The number of rotatable bonds is 7. The van der Waals surface area contributed by atoms with Crippen molar-refractivity contribution >= 4 is 5.91 Å². The highest BCUT2D eigenvalue weighted by Crippen LogP contribution is 2.22. The number of carbonyl (C=O) groups is 1. The van der Waals surface area contributed by atoms with Crippen LogP contribution >= 0.6 is 0 Å². The summed E-state index contributed by atoms with van der Waals surface area (Å²) in [6.45, 7) is 4.65. The quantitative estimate of drug-likeness (QED) is 0.786. The fraction of sp³-hybridized carbons (Fsp3) is 0.533. The Morgan fingerprint density at radius 3 is 2.70 bits per heavy atom. The molecule has 1 aromatic carbocycles. The molecule has 1 rings (SSSR count). The third-order valence-corrected chi connectivity index (χ3v) is 3.08. The van der Waals surface area contributed by atoms with Gasteiger partial charge in [0.25, 0.3) is 0 Å². The van der Waals surface area contributed by atoms with E-state index in [4.69, 9.17) is 10.5 Å². The number of nitrogens with one attached hydrogen (secondary N) is 1. The highest BCUT2D eigenvalue weighted by Gasteiger charge is 2.18. The molecule has 1 amide bonds. The van der Waals surface area contributed by atoms with Gasteiger partial charge < -0.3 is 15.8 Å². The summed E-state index contributed by atoms with van der Waals surface area (Å²) >= 11 is 0. The molecule has 0 saturated heterocycles. The molecule has 0 spiro atoms. The van der Waals surface area contributed by atoms with E-state index in [1.165, 1.54) is 0 Å². The van der Waals surface area contributed by atoms with E-state index in [-0.39, 0.29) is 18.0 Å². The van der Waals surface area contributed by atoms with E-state index in [9.17, 15) is 4.79 Å². The zero-order chi connectivity index (χ0) is 15.1. The Balaban J connectivity index is 2.76. The van der Waals surface area contributed by atoms with Gasteiger partial charge in [-0.05, 0) is 38.6 Å². The van der Waals surface area contributed by atoms with E-state index in [2.05, 4.69) is 5.32 Å². The average Bonchev–Trinajstić information content (AvgIpc) is 2.38. The fourth-order valence-electron chi connectivity index (χ4n) is 2.12. The first-order valence-electron chi connectivity index (χ1n) is 6.81. The van der Waals surface area contributed by atoms with Crippen LogP contribution in [0.3, 0.4) is 0 Å². The van der Waals surface area contributed by atoms with Gasteiger partial charge in [-0.1, -0.05) is 12.1 Å². The number of hydrogen-bond donors (Lipinski definition) is 2. The molecule has 0 aliphatic rings. The number of methoxy groups -OCH3 is 1. The molecule has 1 unspecified atom stereocenters. The lowest BCUT2D eigenvalue weighted by Crippen LogP contribution is -2.41. The van der Waals surface area contributed by atoms with Crippen molar-refractivity contribution in [2.24, 2.45) is 5.73 Å². The Kier molecular flexibility index (Phi) is 6.48. The van der Waals surface area contributed by atoms with E-state index in [1.54, 1.807) is 7.11 Å². The van der Waals surface area contributed by atoms with E-state index < -0.39 is 0 Å². The normalized spacial score (nSPS) is 12.6. The first-order valence-corrected chi connectivity index (χ1v) is 6.81. The summed E-state index contributed by atoms with van der Waals surface area (Å²) in [5.74, 6) is 0.796. The first-order chi connectivity index (χ1) is 9.47. The number of nitrogens with zero attached hydrogens (tertiary/aromatic N) is 1. The summed E-state index contributed by atoms with van der Waals surface area (Å²) in [6.07, 6.45) is 0. The molecule has 0 aliphatic carbocycles. The molecule has 0 saturated carbocycles. The molecule has 1 atom stereocenters. The number of likely N-dealkylation sites (N-methyl/N-ethyl adjacent to an activating group) is 1. The molecule has 5 nitrogen and oxygen atoms in total. The van der Waals surface area contributed by atoms with Gasteiger partial charge in [0.1, 0.15) is 5.75 Å². The minimum Gasteiger partial charge on any atom is -0.497 e. The van der Waals surface area contributed by atoms with Crippen molar-refractivity contribution in [1.82, 2.24) is 10.2 Å². The van der Waals surface area contributed by atoms with Crippen molar-refractivity contribution in [2.75, 3.05) is 27.2 Å². The third kappa shape index (κ3) is 4.83. The van der Waals surface area contributed by atoms with Gasteiger partial charge in [0, 0.05) is 18.6 Å². The van der Waals surface area contributed by atoms with E-state index in [0.29, 0.717) is 13.1 Å². The van der Waals surface area contributed by atoms with Crippen LogP contribution in [0.5, 0.6) is 5.75 Å². The molecule has 112 valence electrons. The molecule has 0 fully saturated rings. The summed E-state index contributed by atoms with van der Waals surface area (Å²) in [4.78, 5) is 13.8. The molecule has 20 heavy (non-hydrogen) atoms. The zero-order valence-corrected chi connectivity index (χ0v) is 12.7. The molecular formula is C15H25N3O2. The molecule has 0 aromatic heterocycles. The largest absolute Gasteiger partial charge is 0.497 e. The maximum atomic E-state index is 11.8. The van der Waals surface area contributed by atoms with Gasteiger partial charge in [0.2, 0.25) is 5.91 Å². The Morgan fingerprint density at radius 1 is 1.45 bits per heavy atom. The molecule has 0 aliphatic heterocycles. The molecule has 0 radical (unpaired) electrons. The van der Waals surface area contributed by atoms with Crippen LogP contribution in [0.4, 0.5) is 0 Å². The molecule has 0 bridgehead atoms. The van der Waals surface area contributed by atoms with Crippen LogP contribution in [0.1, 0.15) is 25.5 Å². The van der Waals surface area contributed by atoms with Gasteiger partial charge in [-0.2, -0.15) is 0 Å². The van der Waals surface area contributed by atoms with Crippen molar-refractivity contribution in [3.8, 4) is 5.75 Å². The monoisotopic (exact) mass is 279 g/mol. The van der Waals surface area contributed by atoms with Crippen LogP contribution in [0.25, 0.3) is 0 Å². The highest BCUT2D eigenvalue weighted by molar-refractivity contribution is 5.78. The maximum absolute atomic E-state index is 11.8. The molecule has 1 aromatic rings. The van der Waals surface area contributed by atoms with Crippen molar-refractivity contribution in [3.63, 3.8) is 0 Å². The predicted molar refractivity (Wildman–Crippen MR) is 80.7 cm³/mol. The van der Waals surface area contributed by atoms with Crippen molar-refractivity contribution in [1.29, 1.82) is 0 Å². The second-order valence-electron chi connectivity index (χ2n) is 5.17. The average molecular weight is 279 g/mol. The standard InChI is InChI=1S/C15H25N3O2/c1-11(2)17-15(19)10-18(3)14(9-16)12-6-5-7-13(8-12)20-4/h5-8,11,14H,9-10,16H2,1-4H3,(H,17,19). The fourth-order valence-corrected chi connectivity index (χ4v) is 2.12. The van der Waals surface area contributed by atoms with Gasteiger partial charge in [-0.15, -0.1) is 0 Å². The predicted octanol–water partition coefficient (Wildman–Crippen LogP) is 1.15. The molecule has 5 heteroatoms. The van der Waals surface area contributed by atoms with E-state index in [0.717, 1.165) is 11.3 Å². The lowest BCUT2D eigenvalue weighted by atomic mass is 10.1. The second kappa shape index (κ2) is 7.87. The van der Waals surface area contributed by atoms with Gasteiger partial charge in [0.05, 0.1) is 13.7 Å². The summed E-state index contributed by atoms with van der Waals surface area (Å²) in [6, 6.07) is 7.90. The summed E-state index contributed by atoms with van der Waals surface area (Å²) in [5, 5.41) is 2.88. The van der Waals surface area contributed by atoms with Gasteiger partial charge in [-0.25, -0.2) is 0 Å². The number of hydrogen-bond acceptors (Lipinski definition) is 4. The van der Waals surface area contributed by atoms with Gasteiger partial charge in [-0.3, -0.25) is 9.69 Å². The Bertz CT molecular complexity index is 435. The van der Waals surface area contributed by atoms with Crippen LogP contribution < -0.4 is 15.8 Å². The van der Waals surface area contributed by atoms with Crippen LogP contribution in [0.2, 0.25) is 0 Å². The number of carbonyl (C=O) groups excluding carboxylic acids is 1. The number of ether oxygens (including phenoxy) is 1. The minimum atomic E-state index is -0.0111. The maximum Gasteiger partial charge on any atom is 0.234 e. The smallest absolute Gasteiger partial charge is 0.234 e. The Hall–Kier alpha value is -1.59. The van der Waals surface area contributed by atoms with Crippen LogP contribution in [0.15, 0.2) is 24.3 Å². The first kappa shape index (κ1) is 16.5. The molecule has 0 heterocycles. The van der Waals surface area contributed by atoms with Crippen molar-refractivity contribution in [2.45, 2.75) is 25.9 Å². The zero-order valence-electron chi connectivity index (χ0n) is 12.7. The lowest BCUT2D eigenvalue weighted by Gasteiger charge is -2.27.